The highest BCUT2D eigenvalue weighted by molar-refractivity contribution is 5.58. The van der Waals surface area contributed by atoms with Gasteiger partial charge in [-0.15, -0.1) is 0 Å². The lowest BCUT2D eigenvalue weighted by Crippen LogP contribution is -2.37. The molecule has 1 atom stereocenters. The second kappa shape index (κ2) is 4.96. The minimum atomic E-state index is 0.646. The molecule has 17 heavy (non-hydrogen) atoms. The van der Waals surface area contributed by atoms with Crippen LogP contribution in [0.3, 0.4) is 0 Å². The molecule has 1 aromatic rings. The van der Waals surface area contributed by atoms with Gasteiger partial charge in [-0.25, -0.2) is 0 Å². The van der Waals surface area contributed by atoms with Gasteiger partial charge in [-0.2, -0.15) is 0 Å². The maximum absolute atomic E-state index is 5.88. The Bertz CT molecular complexity index is 387. The largest absolute Gasteiger partial charge is 0.399 e. The quantitative estimate of drug-likeness (QED) is 0.812. The van der Waals surface area contributed by atoms with Crippen LogP contribution in [0.5, 0.6) is 0 Å². The molecule has 0 amide bonds. The van der Waals surface area contributed by atoms with Gasteiger partial charge >= 0.3 is 0 Å². The summed E-state index contributed by atoms with van der Waals surface area (Å²) >= 11 is 0. The van der Waals surface area contributed by atoms with Gasteiger partial charge in [0.2, 0.25) is 0 Å². The highest BCUT2D eigenvalue weighted by Crippen LogP contribution is 2.28. The zero-order chi connectivity index (χ0) is 12.4. The average Bonchev–Trinajstić information content (AvgIpc) is 2.69. The Labute approximate surface area is 104 Å². The predicted molar refractivity (Wildman–Crippen MR) is 74.5 cm³/mol. The molecule has 1 aliphatic rings. The molecule has 1 unspecified atom stereocenters. The van der Waals surface area contributed by atoms with Crippen LogP contribution in [0.2, 0.25) is 0 Å². The Balaban J connectivity index is 2.17. The van der Waals surface area contributed by atoms with Crippen molar-refractivity contribution in [1.82, 2.24) is 4.90 Å². The van der Waals surface area contributed by atoms with Crippen molar-refractivity contribution in [3.8, 4) is 0 Å². The van der Waals surface area contributed by atoms with E-state index in [1.165, 1.54) is 30.6 Å². The molecule has 0 spiro atoms. The lowest BCUT2D eigenvalue weighted by molar-refractivity contribution is 0.372. The number of benzene rings is 1. The third-order valence-electron chi connectivity index (χ3n) is 3.54. The van der Waals surface area contributed by atoms with Crippen LogP contribution < -0.4 is 10.6 Å². The number of aryl methyl sites for hydroxylation is 1. The molecular formula is C14H23N3. The minimum Gasteiger partial charge on any atom is -0.399 e. The summed E-state index contributed by atoms with van der Waals surface area (Å²) in [6.45, 7) is 4.38. The number of nitrogens with zero attached hydrogens (tertiary/aromatic N) is 2. The highest BCUT2D eigenvalue weighted by atomic mass is 15.2. The molecule has 2 rings (SSSR count). The maximum atomic E-state index is 5.88. The van der Waals surface area contributed by atoms with E-state index in [1.807, 2.05) is 6.07 Å². The lowest BCUT2D eigenvalue weighted by Gasteiger charge is -2.29. The van der Waals surface area contributed by atoms with Crippen molar-refractivity contribution in [1.29, 1.82) is 0 Å². The molecular weight excluding hydrogens is 210 g/mol. The molecule has 94 valence electrons. The van der Waals surface area contributed by atoms with E-state index in [4.69, 9.17) is 5.73 Å². The average molecular weight is 233 g/mol. The third kappa shape index (κ3) is 2.72. The smallest absolute Gasteiger partial charge is 0.0417 e. The third-order valence-corrected chi connectivity index (χ3v) is 3.54. The molecule has 0 aromatic heterocycles. The van der Waals surface area contributed by atoms with Gasteiger partial charge in [0.05, 0.1) is 0 Å². The van der Waals surface area contributed by atoms with Crippen LogP contribution in [0.1, 0.15) is 18.4 Å². The minimum absolute atomic E-state index is 0.646. The first-order chi connectivity index (χ1) is 8.08. The highest BCUT2D eigenvalue weighted by Gasteiger charge is 2.25. The van der Waals surface area contributed by atoms with Gasteiger partial charge < -0.3 is 15.5 Å². The van der Waals surface area contributed by atoms with Gasteiger partial charge in [0.15, 0.2) is 0 Å². The number of rotatable bonds is 3. The summed E-state index contributed by atoms with van der Waals surface area (Å²) in [4.78, 5) is 4.79. The first kappa shape index (κ1) is 12.2. The molecule has 0 aliphatic carbocycles. The molecule has 1 aromatic carbocycles. The van der Waals surface area contributed by atoms with Crippen molar-refractivity contribution in [2.24, 2.45) is 0 Å². The Kier molecular flexibility index (Phi) is 3.57. The predicted octanol–water partition coefficient (Wildman–Crippen LogP) is 2.11. The summed E-state index contributed by atoms with van der Waals surface area (Å²) in [5.41, 5.74) is 9.26. The molecule has 1 fully saturated rings. The number of nitrogens with two attached hydrogens (primary N) is 1. The maximum Gasteiger partial charge on any atom is 0.0417 e. The van der Waals surface area contributed by atoms with E-state index in [0.29, 0.717) is 6.04 Å². The summed E-state index contributed by atoms with van der Waals surface area (Å²) in [5, 5.41) is 0. The Hall–Kier alpha value is -1.22. The van der Waals surface area contributed by atoms with Crippen molar-refractivity contribution in [2.45, 2.75) is 25.8 Å². The fourth-order valence-electron chi connectivity index (χ4n) is 2.63. The van der Waals surface area contributed by atoms with Gasteiger partial charge in [-0.3, -0.25) is 0 Å². The van der Waals surface area contributed by atoms with Crippen LogP contribution in [0, 0.1) is 6.92 Å². The SMILES string of the molecule is Cc1cc(N2CCCC2CN(C)C)ccc1N. The van der Waals surface area contributed by atoms with Crippen molar-refractivity contribution in [3.63, 3.8) is 0 Å². The molecule has 1 heterocycles. The fourth-order valence-corrected chi connectivity index (χ4v) is 2.63. The number of nitrogen functional groups attached to an aromatic ring is 1. The molecule has 1 saturated heterocycles. The summed E-state index contributed by atoms with van der Waals surface area (Å²) in [7, 11) is 4.29. The Morgan fingerprint density at radius 1 is 1.41 bits per heavy atom. The molecule has 3 heteroatoms. The van der Waals surface area contributed by atoms with Crippen molar-refractivity contribution in [3.05, 3.63) is 23.8 Å². The molecule has 1 aliphatic heterocycles. The first-order valence-electron chi connectivity index (χ1n) is 6.35. The summed E-state index contributed by atoms with van der Waals surface area (Å²) < 4.78 is 0. The first-order valence-corrected chi connectivity index (χ1v) is 6.35. The molecule has 0 bridgehead atoms. The fraction of sp³-hybridized carbons (Fsp3) is 0.571. The van der Waals surface area contributed by atoms with Crippen LogP contribution in [0.4, 0.5) is 11.4 Å². The van der Waals surface area contributed by atoms with Crippen LogP contribution in [-0.2, 0) is 0 Å². The zero-order valence-electron chi connectivity index (χ0n) is 11.1. The van der Waals surface area contributed by atoms with Gasteiger partial charge in [0.25, 0.3) is 0 Å². The monoisotopic (exact) mass is 233 g/mol. The van der Waals surface area contributed by atoms with Crippen molar-refractivity contribution in [2.75, 3.05) is 37.8 Å². The Morgan fingerprint density at radius 2 is 2.18 bits per heavy atom. The summed E-state index contributed by atoms with van der Waals surface area (Å²) in [6, 6.07) is 7.03. The molecule has 0 radical (unpaired) electrons. The standard InChI is InChI=1S/C14H23N3/c1-11-9-12(6-7-14(11)15)17-8-4-5-13(17)10-16(2)3/h6-7,9,13H,4-5,8,10,15H2,1-3H3. The topological polar surface area (TPSA) is 32.5 Å². The van der Waals surface area contributed by atoms with Crippen LogP contribution >= 0.6 is 0 Å². The summed E-state index contributed by atoms with van der Waals surface area (Å²) in [5.74, 6) is 0. The van der Waals surface area contributed by atoms with Gasteiger partial charge in [-0.1, -0.05) is 0 Å². The Morgan fingerprint density at radius 3 is 2.82 bits per heavy atom. The van der Waals surface area contributed by atoms with E-state index in [1.54, 1.807) is 0 Å². The van der Waals surface area contributed by atoms with E-state index in [2.05, 4.69) is 43.0 Å². The molecule has 0 saturated carbocycles. The van der Waals surface area contributed by atoms with Crippen LogP contribution in [0.25, 0.3) is 0 Å². The zero-order valence-corrected chi connectivity index (χ0v) is 11.1. The molecule has 2 N–H and O–H groups in total. The van der Waals surface area contributed by atoms with E-state index in [0.717, 1.165) is 12.2 Å². The number of likely N-dealkylation sites (N-methyl/N-ethyl adjacent to an activating group) is 1. The van der Waals surface area contributed by atoms with E-state index < -0.39 is 0 Å². The second-order valence-electron chi connectivity index (χ2n) is 5.29. The van der Waals surface area contributed by atoms with Gasteiger partial charge in [0, 0.05) is 30.5 Å². The number of hydrogen-bond donors (Lipinski definition) is 1. The summed E-state index contributed by atoms with van der Waals surface area (Å²) in [6.07, 6.45) is 2.59. The lowest BCUT2D eigenvalue weighted by atomic mass is 10.1. The van der Waals surface area contributed by atoms with Gasteiger partial charge in [-0.05, 0) is 57.6 Å². The normalized spacial score (nSPS) is 20.2. The van der Waals surface area contributed by atoms with Crippen LogP contribution in [0.15, 0.2) is 18.2 Å². The van der Waals surface area contributed by atoms with Crippen molar-refractivity contribution >= 4 is 11.4 Å². The van der Waals surface area contributed by atoms with Gasteiger partial charge in [0.1, 0.15) is 0 Å². The van der Waals surface area contributed by atoms with E-state index in [-0.39, 0.29) is 0 Å². The van der Waals surface area contributed by atoms with E-state index >= 15 is 0 Å². The second-order valence-corrected chi connectivity index (χ2v) is 5.29. The van der Waals surface area contributed by atoms with Crippen LogP contribution in [-0.4, -0.2) is 38.1 Å². The number of anilines is 2. The van der Waals surface area contributed by atoms with Crippen molar-refractivity contribution < 1.29 is 0 Å². The number of hydrogen-bond acceptors (Lipinski definition) is 3. The molecule has 3 nitrogen and oxygen atoms in total. The van der Waals surface area contributed by atoms with E-state index in [9.17, 15) is 0 Å².